The molecule has 1 rings (SSSR count). The normalized spacial score (nSPS) is 48.8. The lowest BCUT2D eigenvalue weighted by Gasteiger charge is -2.34. The molecule has 0 aromatic carbocycles. The Morgan fingerprint density at radius 3 is 2.08 bits per heavy atom. The number of aliphatic hydroxyl groups excluding tert-OH is 4. The molecule has 0 aromatic rings. The predicted octanol–water partition coefficient (Wildman–Crippen LogP) is -2.49. The predicted molar refractivity (Wildman–Crippen MR) is 34.7 cm³/mol. The third-order valence-electron chi connectivity index (χ3n) is 1.68. The Kier molecular flexibility index (Phi) is 2.70. The second-order valence-corrected chi connectivity index (χ2v) is 2.49. The molecule has 4 N–H and O–H groups in total. The molecule has 5 atom stereocenters. The minimum absolute atomic E-state index is 1.47. The lowest BCUT2D eigenvalue weighted by molar-refractivity contribution is -0.300. The van der Waals surface area contributed by atoms with E-state index in [1.54, 1.807) is 0 Å². The molecule has 0 radical (unpaired) electrons. The summed E-state index contributed by atoms with van der Waals surface area (Å²) in [5, 5.41) is 38.0. The van der Waals surface area contributed by atoms with Crippen molar-refractivity contribution < 1.29 is 25.2 Å². The summed E-state index contributed by atoms with van der Waals surface area (Å²) < 4.78 is 4.28. The van der Waals surface area contributed by atoms with Crippen LogP contribution in [0.4, 0.5) is 0 Å². The zero-order chi connectivity index (χ0) is 9.30. The number of aliphatic hydroxyl groups is 4. The first-order chi connectivity index (χ1) is 5.57. The molecule has 7 heteroatoms. The fraction of sp³-hybridized carbons (Fsp3) is 1.00. The van der Waals surface area contributed by atoms with Crippen LogP contribution < -0.4 is 0 Å². The maximum atomic E-state index is 9.99. The third kappa shape index (κ3) is 1.45. The highest BCUT2D eigenvalue weighted by atomic mass is 16.7. The van der Waals surface area contributed by atoms with Gasteiger partial charge < -0.3 is 25.2 Å². The van der Waals surface area contributed by atoms with Gasteiger partial charge in [-0.2, -0.15) is 4.91 Å². The Balaban J connectivity index is 2.71. The zero-order valence-corrected chi connectivity index (χ0v) is 5.94. The fourth-order valence-electron chi connectivity index (χ4n) is 0.958. The molecule has 0 amide bonds. The molecule has 7 nitrogen and oxygen atoms in total. The average molecular weight is 179 g/mol. The molecule has 70 valence electrons. The van der Waals surface area contributed by atoms with Crippen LogP contribution in [0.3, 0.4) is 0 Å². The summed E-state index contributed by atoms with van der Waals surface area (Å²) in [5.74, 6) is 0. The Bertz CT molecular complexity index is 175. The van der Waals surface area contributed by atoms with E-state index in [9.17, 15) is 4.91 Å². The standard InChI is InChI=1S/C5H9NO6/c7-2-1(6-11)4(9)12-5(10)3(2)8/h1-5,7-10H/t1-,2?,3?,4?,5+/m0/s1. The van der Waals surface area contributed by atoms with Crippen LogP contribution >= 0.6 is 0 Å². The average Bonchev–Trinajstić information content (AvgIpc) is 2.01. The van der Waals surface area contributed by atoms with Gasteiger partial charge in [0, 0.05) is 0 Å². The highest BCUT2D eigenvalue weighted by molar-refractivity contribution is 4.88. The topological polar surface area (TPSA) is 120 Å². The van der Waals surface area contributed by atoms with Gasteiger partial charge in [0.1, 0.15) is 12.2 Å². The van der Waals surface area contributed by atoms with Crippen molar-refractivity contribution in [3.05, 3.63) is 4.91 Å². The Morgan fingerprint density at radius 1 is 1.00 bits per heavy atom. The molecule has 0 spiro atoms. The third-order valence-corrected chi connectivity index (χ3v) is 1.68. The Morgan fingerprint density at radius 2 is 1.58 bits per heavy atom. The molecule has 1 fully saturated rings. The second kappa shape index (κ2) is 3.42. The van der Waals surface area contributed by atoms with Crippen molar-refractivity contribution >= 4 is 0 Å². The summed E-state index contributed by atoms with van der Waals surface area (Å²) in [4.78, 5) is 9.99. The molecule has 1 heterocycles. The van der Waals surface area contributed by atoms with Crippen LogP contribution in [0.25, 0.3) is 0 Å². The molecular formula is C5H9NO6. The molecule has 1 aliphatic rings. The van der Waals surface area contributed by atoms with Gasteiger partial charge in [0.15, 0.2) is 18.6 Å². The van der Waals surface area contributed by atoms with Crippen LogP contribution in [-0.4, -0.2) is 51.3 Å². The maximum Gasteiger partial charge on any atom is 0.186 e. The van der Waals surface area contributed by atoms with Gasteiger partial charge >= 0.3 is 0 Å². The summed E-state index contributed by atoms with van der Waals surface area (Å²) in [7, 11) is 0. The van der Waals surface area contributed by atoms with Crippen LogP contribution in [0.15, 0.2) is 5.18 Å². The van der Waals surface area contributed by atoms with E-state index in [-0.39, 0.29) is 0 Å². The van der Waals surface area contributed by atoms with E-state index in [1.807, 2.05) is 0 Å². The number of hydrogen-bond donors (Lipinski definition) is 4. The second-order valence-electron chi connectivity index (χ2n) is 2.49. The Labute approximate surface area is 67.2 Å². The van der Waals surface area contributed by atoms with Crippen LogP contribution in [0.2, 0.25) is 0 Å². The van der Waals surface area contributed by atoms with Crippen molar-refractivity contribution in [1.82, 2.24) is 0 Å². The van der Waals surface area contributed by atoms with Crippen LogP contribution in [0.5, 0.6) is 0 Å². The minimum atomic E-state index is -1.70. The molecule has 0 saturated carbocycles. The van der Waals surface area contributed by atoms with Gasteiger partial charge in [0.25, 0.3) is 0 Å². The first kappa shape index (κ1) is 9.49. The number of rotatable bonds is 1. The monoisotopic (exact) mass is 179 g/mol. The SMILES string of the molecule is O=N[C@@H]1C(O)O[C@@H](O)C(O)C1O. The van der Waals surface area contributed by atoms with Crippen molar-refractivity contribution in [2.24, 2.45) is 5.18 Å². The van der Waals surface area contributed by atoms with E-state index in [0.717, 1.165) is 0 Å². The number of hydrogen-bond acceptors (Lipinski definition) is 7. The van der Waals surface area contributed by atoms with Gasteiger partial charge in [-0.3, -0.25) is 0 Å². The quantitative estimate of drug-likeness (QED) is 0.330. The van der Waals surface area contributed by atoms with Crippen LogP contribution in [-0.2, 0) is 4.74 Å². The van der Waals surface area contributed by atoms with E-state index in [1.165, 1.54) is 0 Å². The van der Waals surface area contributed by atoms with Crippen LogP contribution in [0.1, 0.15) is 0 Å². The molecule has 3 unspecified atom stereocenters. The van der Waals surface area contributed by atoms with Gasteiger partial charge in [-0.1, -0.05) is 5.18 Å². The smallest absolute Gasteiger partial charge is 0.186 e. The molecule has 0 aromatic heterocycles. The van der Waals surface area contributed by atoms with Crippen molar-refractivity contribution in [3.63, 3.8) is 0 Å². The molecule has 1 saturated heterocycles. The van der Waals surface area contributed by atoms with Crippen molar-refractivity contribution in [2.45, 2.75) is 30.8 Å². The lowest BCUT2D eigenvalue weighted by atomic mass is 10.0. The van der Waals surface area contributed by atoms with Gasteiger partial charge in [0.2, 0.25) is 0 Å². The first-order valence-corrected chi connectivity index (χ1v) is 3.28. The molecule has 0 bridgehead atoms. The highest BCUT2D eigenvalue weighted by Crippen LogP contribution is 2.20. The van der Waals surface area contributed by atoms with Crippen LogP contribution in [0, 0.1) is 4.91 Å². The van der Waals surface area contributed by atoms with E-state index < -0.39 is 30.8 Å². The van der Waals surface area contributed by atoms with E-state index >= 15 is 0 Å². The number of ether oxygens (including phenoxy) is 1. The van der Waals surface area contributed by atoms with Crippen molar-refractivity contribution in [3.8, 4) is 0 Å². The van der Waals surface area contributed by atoms with Gasteiger partial charge in [0.05, 0.1) is 0 Å². The molecule has 1 aliphatic heterocycles. The van der Waals surface area contributed by atoms with Crippen molar-refractivity contribution in [1.29, 1.82) is 0 Å². The number of nitroso groups, excluding NO2 is 1. The fourth-order valence-corrected chi connectivity index (χ4v) is 0.958. The highest BCUT2D eigenvalue weighted by Gasteiger charge is 2.44. The number of nitrogens with zero attached hydrogens (tertiary/aromatic N) is 1. The van der Waals surface area contributed by atoms with Gasteiger partial charge in [-0.15, -0.1) is 0 Å². The van der Waals surface area contributed by atoms with Gasteiger partial charge in [-0.05, 0) is 0 Å². The zero-order valence-electron chi connectivity index (χ0n) is 5.94. The largest absolute Gasteiger partial charge is 0.388 e. The maximum absolute atomic E-state index is 9.99. The first-order valence-electron chi connectivity index (χ1n) is 3.28. The van der Waals surface area contributed by atoms with Gasteiger partial charge in [-0.25, -0.2) is 0 Å². The Hall–Kier alpha value is -0.600. The molecule has 0 aliphatic carbocycles. The summed E-state index contributed by atoms with van der Waals surface area (Å²) in [6.45, 7) is 0. The van der Waals surface area contributed by atoms with E-state index in [4.69, 9.17) is 20.4 Å². The van der Waals surface area contributed by atoms with Crippen molar-refractivity contribution in [2.75, 3.05) is 0 Å². The molecular weight excluding hydrogens is 170 g/mol. The summed E-state index contributed by atoms with van der Waals surface area (Å²) >= 11 is 0. The minimum Gasteiger partial charge on any atom is -0.388 e. The molecule has 12 heavy (non-hydrogen) atoms. The summed E-state index contributed by atoms with van der Waals surface area (Å²) in [6.07, 6.45) is -6.62. The van der Waals surface area contributed by atoms with E-state index in [2.05, 4.69) is 9.91 Å². The summed E-state index contributed by atoms with van der Waals surface area (Å²) in [5.41, 5.74) is 0. The van der Waals surface area contributed by atoms with E-state index in [0.29, 0.717) is 0 Å². The summed E-state index contributed by atoms with van der Waals surface area (Å²) in [6, 6.07) is -1.47. The lowest BCUT2D eigenvalue weighted by Crippen LogP contribution is -2.56.